The van der Waals surface area contributed by atoms with Crippen molar-refractivity contribution >= 4 is 65.0 Å². The van der Waals surface area contributed by atoms with Gasteiger partial charge in [-0.05, 0) is 99.7 Å². The predicted molar refractivity (Wildman–Crippen MR) is 327 cm³/mol. The number of hydrogen-bond acceptors (Lipinski definition) is 12. The quantitative estimate of drug-likeness (QED) is 0.207. The minimum Gasteiger partial charge on any atom is -0.375 e. The van der Waals surface area contributed by atoms with Crippen LogP contribution in [-0.2, 0) is 57.5 Å². The van der Waals surface area contributed by atoms with Gasteiger partial charge in [-0.3, -0.25) is 52.7 Å². The van der Waals surface area contributed by atoms with E-state index < -0.39 is 156 Å². The summed E-state index contributed by atoms with van der Waals surface area (Å²) in [4.78, 5) is 170. The second-order valence-electron chi connectivity index (χ2n) is 27.0. The molecule has 2 aliphatic rings. The summed E-state index contributed by atoms with van der Waals surface area (Å²) in [6.45, 7) is 30.4. The van der Waals surface area contributed by atoms with E-state index in [1.165, 1.54) is 97.5 Å². The molecule has 2 saturated heterocycles. The zero-order chi connectivity index (χ0) is 65.6. The molecule has 0 aromatic rings. The van der Waals surface area contributed by atoms with Crippen molar-refractivity contribution in [1.82, 2.24) is 55.6 Å². The fourth-order valence-electron chi connectivity index (χ4n) is 11.2. The highest BCUT2D eigenvalue weighted by Crippen LogP contribution is 2.29. The molecule has 0 bridgehead atoms. The lowest BCUT2D eigenvalue weighted by Gasteiger charge is -2.41. The fraction of sp³-hybridized carbons (Fsp3) is 0.823. The van der Waals surface area contributed by atoms with Crippen LogP contribution in [0.25, 0.3) is 0 Å². The van der Waals surface area contributed by atoms with Gasteiger partial charge in [-0.1, -0.05) is 104 Å². The van der Waals surface area contributed by atoms with Crippen LogP contribution >= 0.6 is 0 Å². The van der Waals surface area contributed by atoms with Crippen LogP contribution in [0.5, 0.6) is 0 Å². The summed E-state index contributed by atoms with van der Waals surface area (Å²) in [5, 5.41) is 11.2. The molecular formula is C62H111N11O12. The molecular weight excluding hydrogens is 1090 g/mol. The van der Waals surface area contributed by atoms with Crippen molar-refractivity contribution in [1.29, 1.82) is 0 Å². The number of carbonyl (C=O) groups excluding carboxylic acids is 11. The summed E-state index contributed by atoms with van der Waals surface area (Å²) < 4.78 is 6.19. The van der Waals surface area contributed by atoms with E-state index in [2.05, 4.69) is 21.3 Å². The Balaban J connectivity index is 2.96. The molecule has 12 atom stereocenters. The standard InChI is InChI=1S/C62H111N11O12/c1-33(2)25-26-43-54(76)63-41(16)53(75)64-42(17)57(79)70(21)45(30-35(5)6)58(80)71(22)46(31-36(7)8)59(81)72(23)50(39(13)14)62(84)73(24)51(52-40(15)27-28-85-52)56(78)66-48(37(9)10)60(82)67(18)32-47(74)68(19)44(29-34(3)4)55(77)65-49(38(11)12)61(83)69(43)20/h33-46,48-52H,25-32H2,1-24H3,(H,63,76)(H,64,75)(H,65,77)(H,66,78)/t40-,41-,42-,43-,44+,45-,46-,48+,49-,50-,51+,52-/m1/s1. The molecule has 0 spiro atoms. The van der Waals surface area contributed by atoms with Gasteiger partial charge in [0.15, 0.2) is 0 Å². The maximum absolute atomic E-state index is 15.2. The van der Waals surface area contributed by atoms with Crippen molar-refractivity contribution in [3.8, 4) is 0 Å². The van der Waals surface area contributed by atoms with Crippen molar-refractivity contribution in [2.75, 3.05) is 62.5 Å². The van der Waals surface area contributed by atoms with Gasteiger partial charge in [0.2, 0.25) is 65.0 Å². The molecule has 0 radical (unpaired) electrons. The lowest BCUT2D eigenvalue weighted by molar-refractivity contribution is -0.157. The molecule has 23 heteroatoms. The first-order valence-electron chi connectivity index (χ1n) is 30.9. The zero-order valence-corrected chi connectivity index (χ0v) is 56.2. The van der Waals surface area contributed by atoms with Crippen molar-refractivity contribution in [3.05, 3.63) is 0 Å². The molecule has 11 amide bonds. The van der Waals surface area contributed by atoms with Gasteiger partial charge >= 0.3 is 0 Å². The van der Waals surface area contributed by atoms with Crippen molar-refractivity contribution < 1.29 is 57.5 Å². The Hall–Kier alpha value is -5.87. The Kier molecular flexibility index (Phi) is 29.5. The Morgan fingerprint density at radius 3 is 1.32 bits per heavy atom. The van der Waals surface area contributed by atoms with Crippen molar-refractivity contribution in [3.63, 3.8) is 0 Å². The van der Waals surface area contributed by atoms with Gasteiger partial charge in [0, 0.05) is 55.9 Å². The third-order valence-corrected chi connectivity index (χ3v) is 16.7. The molecule has 2 heterocycles. The summed E-state index contributed by atoms with van der Waals surface area (Å²) in [7, 11) is 10.2. The fourth-order valence-corrected chi connectivity index (χ4v) is 11.2. The largest absolute Gasteiger partial charge is 0.375 e. The minimum atomic E-state index is -1.30. The van der Waals surface area contributed by atoms with Gasteiger partial charge in [-0.25, -0.2) is 0 Å². The van der Waals surface area contributed by atoms with Crippen LogP contribution in [0.4, 0.5) is 0 Å². The van der Waals surface area contributed by atoms with Crippen LogP contribution in [-0.4, -0.2) is 228 Å². The first-order valence-corrected chi connectivity index (χ1v) is 30.9. The highest BCUT2D eigenvalue weighted by Gasteiger charge is 2.47. The van der Waals surface area contributed by atoms with E-state index in [0.29, 0.717) is 19.4 Å². The number of nitrogens with one attached hydrogen (secondary N) is 4. The van der Waals surface area contributed by atoms with Gasteiger partial charge in [-0.15, -0.1) is 0 Å². The molecule has 0 aliphatic carbocycles. The Morgan fingerprint density at radius 2 is 0.859 bits per heavy atom. The molecule has 0 saturated carbocycles. The number of carbonyl (C=O) groups is 11. The van der Waals surface area contributed by atoms with Crippen LogP contribution in [0.2, 0.25) is 0 Å². The van der Waals surface area contributed by atoms with Crippen LogP contribution in [0.3, 0.4) is 0 Å². The van der Waals surface area contributed by atoms with Crippen LogP contribution < -0.4 is 21.3 Å². The number of rotatable bonds is 13. The molecule has 486 valence electrons. The van der Waals surface area contributed by atoms with Crippen molar-refractivity contribution in [2.24, 2.45) is 47.3 Å². The summed E-state index contributed by atoms with van der Waals surface area (Å²) in [6, 6.07) is -11.7. The predicted octanol–water partition coefficient (Wildman–Crippen LogP) is 3.37. The Morgan fingerprint density at radius 1 is 0.424 bits per heavy atom. The summed E-state index contributed by atoms with van der Waals surface area (Å²) in [5.41, 5.74) is 0. The van der Waals surface area contributed by atoms with Gasteiger partial charge in [-0.2, -0.15) is 0 Å². The van der Waals surface area contributed by atoms with Crippen molar-refractivity contribution in [2.45, 2.75) is 223 Å². The van der Waals surface area contributed by atoms with E-state index >= 15 is 9.59 Å². The lowest BCUT2D eigenvalue weighted by Crippen LogP contribution is -2.64. The normalized spacial score (nSPS) is 28.8. The zero-order valence-electron chi connectivity index (χ0n) is 56.2. The molecule has 4 N–H and O–H groups in total. The molecule has 85 heavy (non-hydrogen) atoms. The van der Waals surface area contributed by atoms with Gasteiger partial charge in [0.25, 0.3) is 0 Å². The van der Waals surface area contributed by atoms with E-state index in [0.717, 1.165) is 0 Å². The van der Waals surface area contributed by atoms with E-state index in [-0.39, 0.29) is 55.3 Å². The summed E-state index contributed by atoms with van der Waals surface area (Å²) in [6.07, 6.45) is 0.996. The Labute approximate surface area is 508 Å². The lowest BCUT2D eigenvalue weighted by atomic mass is 9.92. The van der Waals surface area contributed by atoms with E-state index in [1.807, 2.05) is 62.3 Å². The summed E-state index contributed by atoms with van der Waals surface area (Å²) in [5.74, 6) is -8.90. The van der Waals surface area contributed by atoms with Gasteiger partial charge in [0.1, 0.15) is 60.4 Å². The SMILES string of the molecule is CC(C)CC[C@@H]1C(=O)N[C@H](C)C(=O)N[C@H](C)C(=O)N(C)[C@H](CC(C)C)C(=O)N(C)[C@H](CC(C)C)C(=O)N(C)[C@H](C(C)C)C(=O)N(C)[C@@H]([C@@H]2OCC[C@H]2C)C(=O)N[C@@H](C(C)C)C(=O)N(C)CC(=O)N(C)[C@@H](CC(C)C)C(=O)N[C@H](C(C)C)C(=O)N1C. The third kappa shape index (κ3) is 20.4. The Bertz CT molecular complexity index is 2330. The smallest absolute Gasteiger partial charge is 0.246 e. The highest BCUT2D eigenvalue weighted by atomic mass is 16.5. The van der Waals surface area contributed by atoms with Crippen LogP contribution in [0.15, 0.2) is 0 Å². The highest BCUT2D eigenvalue weighted by molar-refractivity contribution is 5.99. The van der Waals surface area contributed by atoms with Gasteiger partial charge < -0.3 is 60.3 Å². The molecule has 2 aliphatic heterocycles. The van der Waals surface area contributed by atoms with E-state index in [9.17, 15) is 43.2 Å². The second kappa shape index (κ2) is 33.3. The third-order valence-electron chi connectivity index (χ3n) is 16.7. The first kappa shape index (κ1) is 75.2. The monoisotopic (exact) mass is 1200 g/mol. The maximum Gasteiger partial charge on any atom is 0.246 e. The van der Waals surface area contributed by atoms with Gasteiger partial charge in [0.05, 0.1) is 12.6 Å². The van der Waals surface area contributed by atoms with Crippen LogP contribution in [0.1, 0.15) is 156 Å². The maximum atomic E-state index is 15.2. The van der Waals surface area contributed by atoms with E-state index in [1.54, 1.807) is 41.5 Å². The number of amides is 11. The average Bonchev–Trinajstić information content (AvgIpc) is 3.76. The molecule has 0 aromatic carbocycles. The molecule has 2 rings (SSSR count). The molecule has 0 unspecified atom stereocenters. The molecule has 0 aromatic heterocycles. The van der Waals surface area contributed by atoms with E-state index in [4.69, 9.17) is 4.74 Å². The second-order valence-corrected chi connectivity index (χ2v) is 27.0. The molecule has 23 nitrogen and oxygen atoms in total. The number of nitrogens with zero attached hydrogens (tertiary/aromatic N) is 7. The number of ether oxygens (including phenoxy) is 1. The molecule has 2 fully saturated rings. The average molecular weight is 1200 g/mol. The minimum absolute atomic E-state index is 0.112. The topological polar surface area (TPSA) is 268 Å². The number of likely N-dealkylation sites (N-methyl/N-ethyl adjacent to an activating group) is 7. The summed E-state index contributed by atoms with van der Waals surface area (Å²) >= 11 is 0. The first-order chi connectivity index (χ1) is 39.2. The number of hydrogen-bond donors (Lipinski definition) is 4. The van der Waals surface area contributed by atoms with Crippen LogP contribution in [0, 0.1) is 47.3 Å².